The summed E-state index contributed by atoms with van der Waals surface area (Å²) in [4.78, 5) is 35.5. The number of carbonyl (C=O) groups is 3. The van der Waals surface area contributed by atoms with Crippen LogP contribution in [-0.4, -0.2) is 37.2 Å². The lowest BCUT2D eigenvalue weighted by molar-refractivity contribution is -0.143. The third kappa shape index (κ3) is 8.74. The van der Waals surface area contributed by atoms with E-state index in [0.717, 1.165) is 5.56 Å². The number of hydrogen-bond donors (Lipinski definition) is 2. The number of esters is 1. The van der Waals surface area contributed by atoms with Crippen molar-refractivity contribution in [3.63, 3.8) is 0 Å². The molecule has 138 valence electrons. The first-order valence-corrected chi connectivity index (χ1v) is 8.32. The highest BCUT2D eigenvalue weighted by Gasteiger charge is 2.23. The van der Waals surface area contributed by atoms with Gasteiger partial charge in [0.25, 0.3) is 0 Å². The first kappa shape index (κ1) is 20.5. The molecule has 0 radical (unpaired) electrons. The van der Waals surface area contributed by atoms with Crippen LogP contribution in [0.5, 0.6) is 0 Å². The summed E-state index contributed by atoms with van der Waals surface area (Å²) in [5.74, 6) is -0.794. The predicted octanol–water partition coefficient (Wildman–Crippen LogP) is 2.01. The fourth-order valence-electron chi connectivity index (χ4n) is 2.10. The van der Waals surface area contributed by atoms with Gasteiger partial charge in [-0.25, -0.2) is 4.79 Å². The van der Waals surface area contributed by atoms with Gasteiger partial charge in [0.2, 0.25) is 5.91 Å². The summed E-state index contributed by atoms with van der Waals surface area (Å²) < 4.78 is 9.89. The third-order valence-corrected chi connectivity index (χ3v) is 3.24. The Morgan fingerprint density at radius 3 is 2.36 bits per heavy atom. The molecule has 0 bridgehead atoms. The van der Waals surface area contributed by atoms with Crippen molar-refractivity contribution in [2.45, 2.75) is 39.8 Å². The maximum Gasteiger partial charge on any atom is 0.408 e. The molecule has 0 spiro atoms. The van der Waals surface area contributed by atoms with Gasteiger partial charge in [0.05, 0.1) is 6.61 Å². The minimum atomic E-state index is -0.780. The summed E-state index contributed by atoms with van der Waals surface area (Å²) in [5.41, 5.74) is 0.852. The van der Waals surface area contributed by atoms with E-state index < -0.39 is 24.0 Å². The Bertz CT molecular complexity index is 560. The number of hydrogen-bond acceptors (Lipinski definition) is 5. The average molecular weight is 350 g/mol. The maximum atomic E-state index is 12.2. The molecular formula is C18H26N2O5. The molecule has 1 atom stereocenters. The molecule has 7 heteroatoms. The Kier molecular flexibility index (Phi) is 9.06. The van der Waals surface area contributed by atoms with E-state index in [2.05, 4.69) is 10.6 Å². The van der Waals surface area contributed by atoms with Crippen molar-refractivity contribution in [1.29, 1.82) is 0 Å². The molecule has 2 amide bonds. The van der Waals surface area contributed by atoms with Crippen LogP contribution >= 0.6 is 0 Å². The van der Waals surface area contributed by atoms with Gasteiger partial charge in [-0.1, -0.05) is 44.2 Å². The average Bonchev–Trinajstić information content (AvgIpc) is 2.58. The van der Waals surface area contributed by atoms with Crippen molar-refractivity contribution in [3.05, 3.63) is 35.9 Å². The van der Waals surface area contributed by atoms with Gasteiger partial charge in [0, 0.05) is 0 Å². The molecule has 0 fully saturated rings. The smallest absolute Gasteiger partial charge is 0.408 e. The number of rotatable bonds is 9. The molecule has 0 aliphatic heterocycles. The van der Waals surface area contributed by atoms with Crippen molar-refractivity contribution in [2.24, 2.45) is 5.92 Å². The second kappa shape index (κ2) is 11.1. The molecule has 0 saturated carbocycles. The van der Waals surface area contributed by atoms with Gasteiger partial charge < -0.3 is 20.1 Å². The van der Waals surface area contributed by atoms with Gasteiger partial charge in [-0.05, 0) is 24.8 Å². The molecule has 0 aliphatic carbocycles. The van der Waals surface area contributed by atoms with E-state index in [9.17, 15) is 14.4 Å². The number of ether oxygens (including phenoxy) is 2. The van der Waals surface area contributed by atoms with Crippen molar-refractivity contribution in [1.82, 2.24) is 10.6 Å². The van der Waals surface area contributed by atoms with E-state index in [1.807, 2.05) is 44.2 Å². The minimum absolute atomic E-state index is 0.117. The first-order chi connectivity index (χ1) is 11.9. The van der Waals surface area contributed by atoms with Crippen LogP contribution in [0.15, 0.2) is 30.3 Å². The molecule has 1 rings (SSSR count). The van der Waals surface area contributed by atoms with Gasteiger partial charge in [-0.2, -0.15) is 0 Å². The largest absolute Gasteiger partial charge is 0.465 e. The molecule has 1 aromatic carbocycles. The van der Waals surface area contributed by atoms with Crippen molar-refractivity contribution >= 4 is 18.0 Å². The summed E-state index contributed by atoms with van der Waals surface area (Å²) in [6.45, 7) is 5.68. The predicted molar refractivity (Wildman–Crippen MR) is 92.6 cm³/mol. The number of nitrogens with one attached hydrogen (secondary N) is 2. The Labute approximate surface area is 148 Å². The molecule has 1 unspecified atom stereocenters. The topological polar surface area (TPSA) is 93.7 Å². The maximum absolute atomic E-state index is 12.2. The molecule has 0 saturated heterocycles. The second-order valence-corrected chi connectivity index (χ2v) is 5.91. The molecule has 7 nitrogen and oxygen atoms in total. The van der Waals surface area contributed by atoms with Crippen LogP contribution in [0.25, 0.3) is 0 Å². The number of alkyl carbamates (subject to hydrolysis) is 1. The fourth-order valence-corrected chi connectivity index (χ4v) is 2.10. The highest BCUT2D eigenvalue weighted by molar-refractivity contribution is 5.88. The van der Waals surface area contributed by atoms with Crippen molar-refractivity contribution < 1.29 is 23.9 Å². The molecule has 1 aromatic rings. The molecule has 0 aromatic heterocycles. The first-order valence-electron chi connectivity index (χ1n) is 8.32. The third-order valence-electron chi connectivity index (χ3n) is 3.24. The zero-order valence-corrected chi connectivity index (χ0v) is 14.9. The van der Waals surface area contributed by atoms with Gasteiger partial charge in [-0.15, -0.1) is 0 Å². The summed E-state index contributed by atoms with van der Waals surface area (Å²) in [7, 11) is 0. The molecule has 0 aliphatic rings. The normalized spacial score (nSPS) is 11.5. The van der Waals surface area contributed by atoms with Gasteiger partial charge in [0.15, 0.2) is 0 Å². The SMILES string of the molecule is CCOC(=O)CNC(=O)C(CC(C)C)NC(=O)OCc1ccccc1. The highest BCUT2D eigenvalue weighted by Crippen LogP contribution is 2.06. The molecule has 25 heavy (non-hydrogen) atoms. The number of amides is 2. The van der Waals surface area contributed by atoms with E-state index in [-0.39, 0.29) is 25.7 Å². The lowest BCUT2D eigenvalue weighted by Crippen LogP contribution is -2.48. The van der Waals surface area contributed by atoms with Crippen LogP contribution in [0.4, 0.5) is 4.79 Å². The fraction of sp³-hybridized carbons (Fsp3) is 0.500. The highest BCUT2D eigenvalue weighted by atomic mass is 16.5. The number of carbonyl (C=O) groups excluding carboxylic acids is 3. The van der Waals surface area contributed by atoms with E-state index in [0.29, 0.717) is 6.42 Å². The monoisotopic (exact) mass is 350 g/mol. The van der Waals surface area contributed by atoms with E-state index >= 15 is 0 Å². The van der Waals surface area contributed by atoms with Gasteiger partial charge in [-0.3, -0.25) is 9.59 Å². The lowest BCUT2D eigenvalue weighted by Gasteiger charge is -2.19. The standard InChI is InChI=1S/C18H26N2O5/c1-4-24-16(21)11-19-17(22)15(10-13(2)3)20-18(23)25-12-14-8-6-5-7-9-14/h5-9,13,15H,4,10-12H2,1-3H3,(H,19,22)(H,20,23). The molecule has 0 heterocycles. The minimum Gasteiger partial charge on any atom is -0.465 e. The van der Waals surface area contributed by atoms with Crippen LogP contribution in [0, 0.1) is 5.92 Å². The quantitative estimate of drug-likeness (QED) is 0.665. The zero-order valence-electron chi connectivity index (χ0n) is 14.9. The summed E-state index contributed by atoms with van der Waals surface area (Å²) in [6.07, 6.45) is -0.254. The Hall–Kier alpha value is -2.57. The van der Waals surface area contributed by atoms with Crippen molar-refractivity contribution in [3.8, 4) is 0 Å². The van der Waals surface area contributed by atoms with Gasteiger partial charge >= 0.3 is 12.1 Å². The lowest BCUT2D eigenvalue weighted by atomic mass is 10.0. The molecular weight excluding hydrogens is 324 g/mol. The summed E-state index contributed by atoms with van der Waals surface area (Å²) in [5, 5.41) is 5.02. The van der Waals surface area contributed by atoms with Crippen LogP contribution < -0.4 is 10.6 Å². The van der Waals surface area contributed by atoms with Gasteiger partial charge in [0.1, 0.15) is 19.2 Å². The Balaban J connectivity index is 2.51. The molecule has 2 N–H and O–H groups in total. The Morgan fingerprint density at radius 2 is 1.76 bits per heavy atom. The summed E-state index contributed by atoms with van der Waals surface area (Å²) in [6, 6.07) is 8.46. The zero-order chi connectivity index (χ0) is 18.7. The summed E-state index contributed by atoms with van der Waals surface area (Å²) >= 11 is 0. The van der Waals surface area contributed by atoms with E-state index in [1.54, 1.807) is 6.92 Å². The van der Waals surface area contributed by atoms with Crippen LogP contribution in [-0.2, 0) is 25.7 Å². The van der Waals surface area contributed by atoms with Crippen LogP contribution in [0.3, 0.4) is 0 Å². The number of benzene rings is 1. The van der Waals surface area contributed by atoms with Crippen LogP contribution in [0.1, 0.15) is 32.8 Å². The van der Waals surface area contributed by atoms with E-state index in [4.69, 9.17) is 9.47 Å². The Morgan fingerprint density at radius 1 is 1.08 bits per heavy atom. The van der Waals surface area contributed by atoms with Crippen LogP contribution in [0.2, 0.25) is 0 Å². The van der Waals surface area contributed by atoms with Crippen molar-refractivity contribution in [2.75, 3.05) is 13.2 Å². The second-order valence-electron chi connectivity index (χ2n) is 5.91. The van der Waals surface area contributed by atoms with E-state index in [1.165, 1.54) is 0 Å².